The normalized spacial score (nSPS) is 10.3. The molecule has 0 spiro atoms. The van der Waals surface area contributed by atoms with Gasteiger partial charge in [-0.25, -0.2) is 9.59 Å². The summed E-state index contributed by atoms with van der Waals surface area (Å²) >= 11 is 0. The SMILES string of the molecule is CCOC(=O)c1ccc(C=O)cc1OCCOCCOCCOC(=O)c1ccc(C=O)cc1. The molecule has 0 saturated heterocycles. The minimum atomic E-state index is -0.530. The third kappa shape index (κ3) is 8.83. The summed E-state index contributed by atoms with van der Waals surface area (Å²) in [5.74, 6) is -0.774. The second-order valence-corrected chi connectivity index (χ2v) is 6.54. The van der Waals surface area contributed by atoms with Gasteiger partial charge in [0, 0.05) is 11.1 Å². The van der Waals surface area contributed by atoms with Gasteiger partial charge in [-0.05, 0) is 31.2 Å². The molecule has 9 heteroatoms. The van der Waals surface area contributed by atoms with Crippen molar-refractivity contribution in [3.05, 3.63) is 64.7 Å². The molecule has 0 atom stereocenters. The number of benzene rings is 2. The maximum absolute atomic E-state index is 12.0. The molecule has 2 aromatic carbocycles. The number of hydrogen-bond donors (Lipinski definition) is 0. The molecular weight excluding hydrogens is 432 g/mol. The summed E-state index contributed by atoms with van der Waals surface area (Å²) in [4.78, 5) is 45.4. The molecule has 0 amide bonds. The molecule has 2 aromatic rings. The topological polar surface area (TPSA) is 114 Å². The van der Waals surface area contributed by atoms with Crippen molar-refractivity contribution in [2.24, 2.45) is 0 Å². The Balaban J connectivity index is 1.59. The average Bonchev–Trinajstić information content (AvgIpc) is 2.85. The van der Waals surface area contributed by atoms with Gasteiger partial charge >= 0.3 is 11.9 Å². The predicted molar refractivity (Wildman–Crippen MR) is 117 cm³/mol. The number of rotatable bonds is 15. The van der Waals surface area contributed by atoms with Crippen LogP contribution in [-0.4, -0.2) is 70.8 Å². The second kappa shape index (κ2) is 14.5. The van der Waals surface area contributed by atoms with Gasteiger partial charge in [0.05, 0.1) is 38.6 Å². The first-order chi connectivity index (χ1) is 16.1. The summed E-state index contributed by atoms with van der Waals surface area (Å²) in [5, 5.41) is 0. The van der Waals surface area contributed by atoms with Crippen LogP contribution in [0.25, 0.3) is 0 Å². The number of hydrogen-bond acceptors (Lipinski definition) is 9. The monoisotopic (exact) mass is 458 g/mol. The molecule has 0 aliphatic carbocycles. The van der Waals surface area contributed by atoms with E-state index in [1.807, 2.05) is 0 Å². The molecule has 176 valence electrons. The van der Waals surface area contributed by atoms with Crippen molar-refractivity contribution < 1.29 is 42.9 Å². The lowest BCUT2D eigenvalue weighted by Gasteiger charge is -2.12. The maximum Gasteiger partial charge on any atom is 0.341 e. The van der Waals surface area contributed by atoms with E-state index in [0.717, 1.165) is 0 Å². The van der Waals surface area contributed by atoms with Crippen molar-refractivity contribution in [2.75, 3.05) is 46.2 Å². The van der Waals surface area contributed by atoms with E-state index in [2.05, 4.69) is 0 Å². The van der Waals surface area contributed by atoms with Crippen LogP contribution >= 0.6 is 0 Å². The Hall–Kier alpha value is -3.56. The summed E-state index contributed by atoms with van der Waals surface area (Å²) in [7, 11) is 0. The van der Waals surface area contributed by atoms with Gasteiger partial charge < -0.3 is 23.7 Å². The molecular formula is C24H26O9. The van der Waals surface area contributed by atoms with E-state index in [1.54, 1.807) is 6.92 Å². The van der Waals surface area contributed by atoms with Crippen LogP contribution in [0.4, 0.5) is 0 Å². The summed E-state index contributed by atoms with van der Waals surface area (Å²) < 4.78 is 26.4. The average molecular weight is 458 g/mol. The molecule has 0 fully saturated rings. The highest BCUT2D eigenvalue weighted by molar-refractivity contribution is 5.93. The highest BCUT2D eigenvalue weighted by Crippen LogP contribution is 2.21. The van der Waals surface area contributed by atoms with Gasteiger partial charge in [-0.2, -0.15) is 0 Å². The molecule has 0 radical (unpaired) electrons. The molecule has 0 heterocycles. The van der Waals surface area contributed by atoms with Crippen molar-refractivity contribution in [2.45, 2.75) is 6.92 Å². The van der Waals surface area contributed by atoms with Crippen molar-refractivity contribution in [3.63, 3.8) is 0 Å². The molecule has 9 nitrogen and oxygen atoms in total. The van der Waals surface area contributed by atoms with Gasteiger partial charge in [-0.1, -0.05) is 18.2 Å². The fourth-order valence-electron chi connectivity index (χ4n) is 2.62. The molecule has 0 saturated carbocycles. The van der Waals surface area contributed by atoms with Crippen LogP contribution in [-0.2, 0) is 18.9 Å². The molecule has 33 heavy (non-hydrogen) atoms. The van der Waals surface area contributed by atoms with Crippen LogP contribution in [0.1, 0.15) is 48.4 Å². The quantitative estimate of drug-likeness (QED) is 0.226. The van der Waals surface area contributed by atoms with E-state index >= 15 is 0 Å². The van der Waals surface area contributed by atoms with Crippen LogP contribution in [0, 0.1) is 0 Å². The fourth-order valence-corrected chi connectivity index (χ4v) is 2.62. The van der Waals surface area contributed by atoms with E-state index in [4.69, 9.17) is 23.7 Å². The molecule has 2 rings (SSSR count). The van der Waals surface area contributed by atoms with Gasteiger partial charge in [0.2, 0.25) is 0 Å². The first-order valence-electron chi connectivity index (χ1n) is 10.4. The van der Waals surface area contributed by atoms with Crippen molar-refractivity contribution >= 4 is 24.5 Å². The van der Waals surface area contributed by atoms with Gasteiger partial charge in [0.25, 0.3) is 0 Å². The maximum atomic E-state index is 12.0. The molecule has 0 unspecified atom stereocenters. The summed E-state index contributed by atoms with van der Waals surface area (Å²) in [6.45, 7) is 3.21. The van der Waals surface area contributed by atoms with E-state index < -0.39 is 11.9 Å². The lowest BCUT2D eigenvalue weighted by atomic mass is 10.1. The molecule has 0 aromatic heterocycles. The second-order valence-electron chi connectivity index (χ2n) is 6.54. The first-order valence-corrected chi connectivity index (χ1v) is 10.4. The third-order valence-electron chi connectivity index (χ3n) is 4.24. The molecule has 0 aliphatic rings. The summed E-state index contributed by atoms with van der Waals surface area (Å²) in [6, 6.07) is 10.6. The van der Waals surface area contributed by atoms with Gasteiger partial charge in [-0.3, -0.25) is 9.59 Å². The van der Waals surface area contributed by atoms with E-state index in [-0.39, 0.29) is 44.3 Å². The van der Waals surface area contributed by atoms with Crippen molar-refractivity contribution in [1.29, 1.82) is 0 Å². The third-order valence-corrected chi connectivity index (χ3v) is 4.24. The Morgan fingerprint density at radius 3 is 1.97 bits per heavy atom. The Bertz CT molecular complexity index is 922. The van der Waals surface area contributed by atoms with Crippen molar-refractivity contribution in [3.8, 4) is 5.75 Å². The predicted octanol–water partition coefficient (Wildman–Crippen LogP) is 2.76. The van der Waals surface area contributed by atoms with Crippen LogP contribution in [0.15, 0.2) is 42.5 Å². The molecule has 0 bridgehead atoms. The van der Waals surface area contributed by atoms with Crippen LogP contribution in [0.2, 0.25) is 0 Å². The van der Waals surface area contributed by atoms with E-state index in [1.165, 1.54) is 42.5 Å². The minimum Gasteiger partial charge on any atom is -0.490 e. The Labute approximate surface area is 191 Å². The Morgan fingerprint density at radius 1 is 0.727 bits per heavy atom. The number of aldehydes is 2. The first kappa shape index (κ1) is 25.7. The zero-order valence-electron chi connectivity index (χ0n) is 18.3. The number of carbonyl (C=O) groups excluding carboxylic acids is 4. The Morgan fingerprint density at radius 2 is 1.33 bits per heavy atom. The smallest absolute Gasteiger partial charge is 0.341 e. The Kier molecular flexibility index (Phi) is 11.3. The number of carbonyl (C=O) groups is 4. The lowest BCUT2D eigenvalue weighted by molar-refractivity contribution is 0.0104. The number of ether oxygens (including phenoxy) is 5. The molecule has 0 aliphatic heterocycles. The largest absolute Gasteiger partial charge is 0.490 e. The van der Waals surface area contributed by atoms with E-state index in [9.17, 15) is 19.2 Å². The zero-order chi connectivity index (χ0) is 23.9. The highest BCUT2D eigenvalue weighted by atomic mass is 16.6. The van der Waals surface area contributed by atoms with Gasteiger partial charge in [-0.15, -0.1) is 0 Å². The van der Waals surface area contributed by atoms with Crippen LogP contribution in [0.3, 0.4) is 0 Å². The van der Waals surface area contributed by atoms with E-state index in [0.29, 0.717) is 42.5 Å². The lowest BCUT2D eigenvalue weighted by Crippen LogP contribution is -2.15. The fraction of sp³-hybridized carbons (Fsp3) is 0.333. The van der Waals surface area contributed by atoms with Crippen LogP contribution in [0.5, 0.6) is 5.75 Å². The van der Waals surface area contributed by atoms with Crippen LogP contribution < -0.4 is 4.74 Å². The zero-order valence-corrected chi connectivity index (χ0v) is 18.3. The van der Waals surface area contributed by atoms with Crippen molar-refractivity contribution in [1.82, 2.24) is 0 Å². The summed E-state index contributed by atoms with van der Waals surface area (Å²) in [5.41, 5.74) is 1.45. The molecule has 0 N–H and O–H groups in total. The minimum absolute atomic E-state index is 0.0844. The highest BCUT2D eigenvalue weighted by Gasteiger charge is 2.14. The van der Waals surface area contributed by atoms with Gasteiger partial charge in [0.1, 0.15) is 37.1 Å². The number of esters is 2. The van der Waals surface area contributed by atoms with Gasteiger partial charge in [0.15, 0.2) is 0 Å². The summed E-state index contributed by atoms with van der Waals surface area (Å²) in [6.07, 6.45) is 1.36. The standard InChI is InChI=1S/C24H26O9/c1-2-31-24(28)21-8-5-19(17-26)15-22(21)32-13-11-29-9-10-30-12-14-33-23(27)20-6-3-18(16-25)4-7-20/h3-8,15-17H,2,9-14H2,1H3.